The first-order valence-electron chi connectivity index (χ1n) is 10.9. The zero-order valence-corrected chi connectivity index (χ0v) is 20.0. The van der Waals surface area contributed by atoms with Gasteiger partial charge in [0.1, 0.15) is 16.8 Å². The van der Waals surface area contributed by atoms with Crippen LogP contribution >= 0.6 is 11.3 Å². The minimum absolute atomic E-state index is 0.0950. The molecule has 0 saturated carbocycles. The maximum absolute atomic E-state index is 13.0. The van der Waals surface area contributed by atoms with Crippen LogP contribution in [0.1, 0.15) is 32.8 Å². The molecule has 1 aromatic heterocycles. The van der Waals surface area contributed by atoms with Gasteiger partial charge in [-0.05, 0) is 31.9 Å². The number of rotatable bonds is 9. The fourth-order valence-electron chi connectivity index (χ4n) is 3.12. The van der Waals surface area contributed by atoms with Gasteiger partial charge in [-0.1, -0.05) is 73.6 Å². The molecule has 0 aliphatic heterocycles. The summed E-state index contributed by atoms with van der Waals surface area (Å²) in [7, 11) is 0. The van der Waals surface area contributed by atoms with Crippen LogP contribution in [0.4, 0.5) is 15.6 Å². The van der Waals surface area contributed by atoms with E-state index in [0.717, 1.165) is 11.1 Å². The number of anilines is 2. The number of hydrogen-bond acceptors (Lipinski definition) is 6. The summed E-state index contributed by atoms with van der Waals surface area (Å²) < 4.78 is 5.55. The standard InChI is InChI=1S/C24H29N5O3S/c1-5-16(4)20(26-23(31)25-18-9-7-8-10-19(18)32-6-2)21(30)27-24-29-28-22(33-24)17-13-11-15(3)12-14-17/h7-14,16,20H,5-6H2,1-4H3,(H2,25,26,31)(H,27,29,30). The van der Waals surface area contributed by atoms with Crippen molar-refractivity contribution in [1.82, 2.24) is 15.5 Å². The monoisotopic (exact) mass is 467 g/mol. The third-order valence-electron chi connectivity index (χ3n) is 5.17. The summed E-state index contributed by atoms with van der Waals surface area (Å²) in [4.78, 5) is 25.7. The lowest BCUT2D eigenvalue weighted by Crippen LogP contribution is -2.49. The van der Waals surface area contributed by atoms with Gasteiger partial charge in [0.15, 0.2) is 0 Å². The quantitative estimate of drug-likeness (QED) is 0.407. The average molecular weight is 468 g/mol. The third kappa shape index (κ3) is 6.52. The van der Waals surface area contributed by atoms with Gasteiger partial charge in [-0.25, -0.2) is 4.79 Å². The fraction of sp³-hybridized carbons (Fsp3) is 0.333. The van der Waals surface area contributed by atoms with Crippen LogP contribution in [-0.2, 0) is 4.79 Å². The second-order valence-corrected chi connectivity index (χ2v) is 8.64. The Hall–Kier alpha value is -3.46. The number of benzene rings is 2. The van der Waals surface area contributed by atoms with Crippen molar-refractivity contribution in [3.63, 3.8) is 0 Å². The SMILES string of the molecule is CCOc1ccccc1NC(=O)NC(C(=O)Nc1nnc(-c2ccc(C)cc2)s1)C(C)CC. The predicted molar refractivity (Wildman–Crippen MR) is 132 cm³/mol. The molecule has 2 atom stereocenters. The Labute approximate surface area is 197 Å². The maximum Gasteiger partial charge on any atom is 0.320 e. The number of carbonyl (C=O) groups is 2. The third-order valence-corrected chi connectivity index (χ3v) is 6.06. The van der Waals surface area contributed by atoms with Crippen LogP contribution in [0.15, 0.2) is 48.5 Å². The van der Waals surface area contributed by atoms with E-state index >= 15 is 0 Å². The van der Waals surface area contributed by atoms with Gasteiger partial charge >= 0.3 is 6.03 Å². The molecule has 9 heteroatoms. The summed E-state index contributed by atoms with van der Waals surface area (Å²) in [5.41, 5.74) is 2.62. The van der Waals surface area contributed by atoms with Crippen molar-refractivity contribution >= 4 is 34.1 Å². The first-order valence-corrected chi connectivity index (χ1v) is 11.7. The van der Waals surface area contributed by atoms with Gasteiger partial charge in [0, 0.05) is 5.56 Å². The first kappa shape index (κ1) is 24.2. The van der Waals surface area contributed by atoms with Crippen LogP contribution in [0.2, 0.25) is 0 Å². The number of urea groups is 1. The Bertz CT molecular complexity index is 1080. The van der Waals surface area contributed by atoms with Crippen molar-refractivity contribution in [1.29, 1.82) is 0 Å². The number of ether oxygens (including phenoxy) is 1. The number of para-hydroxylation sites is 2. The molecule has 3 aromatic rings. The van der Waals surface area contributed by atoms with Crippen molar-refractivity contribution in [3.8, 4) is 16.3 Å². The van der Waals surface area contributed by atoms with Crippen LogP contribution in [0, 0.1) is 12.8 Å². The molecule has 0 aliphatic carbocycles. The number of nitrogens with one attached hydrogen (secondary N) is 3. The van der Waals surface area contributed by atoms with Gasteiger partial charge in [-0.2, -0.15) is 0 Å². The van der Waals surface area contributed by atoms with E-state index in [1.807, 2.05) is 58.0 Å². The molecule has 3 N–H and O–H groups in total. The van der Waals surface area contributed by atoms with Gasteiger partial charge < -0.3 is 15.4 Å². The molecule has 0 spiro atoms. The van der Waals surface area contributed by atoms with E-state index in [2.05, 4.69) is 26.1 Å². The van der Waals surface area contributed by atoms with Gasteiger partial charge in [0.2, 0.25) is 11.0 Å². The van der Waals surface area contributed by atoms with Gasteiger partial charge in [0.05, 0.1) is 12.3 Å². The molecular formula is C24H29N5O3S. The van der Waals surface area contributed by atoms with E-state index in [1.165, 1.54) is 11.3 Å². The molecular weight excluding hydrogens is 438 g/mol. The molecule has 2 unspecified atom stereocenters. The van der Waals surface area contributed by atoms with E-state index in [1.54, 1.807) is 18.2 Å². The molecule has 0 radical (unpaired) electrons. The Morgan fingerprint density at radius 2 is 1.76 bits per heavy atom. The molecule has 0 fully saturated rings. The van der Waals surface area contributed by atoms with Crippen LogP contribution in [0.5, 0.6) is 5.75 Å². The first-order chi connectivity index (χ1) is 15.9. The van der Waals surface area contributed by atoms with E-state index in [4.69, 9.17) is 4.74 Å². The summed E-state index contributed by atoms with van der Waals surface area (Å²) in [6.07, 6.45) is 0.707. The zero-order valence-electron chi connectivity index (χ0n) is 19.2. The molecule has 8 nitrogen and oxygen atoms in total. The maximum atomic E-state index is 13.0. The van der Waals surface area contributed by atoms with Crippen molar-refractivity contribution in [2.75, 3.05) is 17.2 Å². The number of carbonyl (C=O) groups excluding carboxylic acids is 2. The summed E-state index contributed by atoms with van der Waals surface area (Å²) in [5, 5.41) is 17.7. The number of nitrogens with zero attached hydrogens (tertiary/aromatic N) is 2. The highest BCUT2D eigenvalue weighted by molar-refractivity contribution is 7.18. The van der Waals surface area contributed by atoms with Crippen LogP contribution in [-0.4, -0.2) is 34.8 Å². The molecule has 3 rings (SSSR count). The van der Waals surface area contributed by atoms with E-state index < -0.39 is 12.1 Å². The van der Waals surface area contributed by atoms with Gasteiger partial charge in [0.25, 0.3) is 0 Å². The molecule has 174 valence electrons. The van der Waals surface area contributed by atoms with E-state index in [0.29, 0.717) is 34.6 Å². The largest absolute Gasteiger partial charge is 0.492 e. The molecule has 33 heavy (non-hydrogen) atoms. The number of aryl methyl sites for hydroxylation is 1. The molecule has 0 aliphatic rings. The van der Waals surface area contributed by atoms with Crippen LogP contribution in [0.3, 0.4) is 0 Å². The second-order valence-electron chi connectivity index (χ2n) is 7.66. The topological polar surface area (TPSA) is 105 Å². The molecule has 0 saturated heterocycles. The smallest absolute Gasteiger partial charge is 0.320 e. The summed E-state index contributed by atoms with van der Waals surface area (Å²) in [6, 6.07) is 13.9. The minimum Gasteiger partial charge on any atom is -0.492 e. The van der Waals surface area contributed by atoms with E-state index in [-0.39, 0.29) is 11.8 Å². The molecule has 3 amide bonds. The van der Waals surface area contributed by atoms with Crippen LogP contribution < -0.4 is 20.7 Å². The number of aromatic nitrogens is 2. The molecule has 1 heterocycles. The van der Waals surface area contributed by atoms with Crippen LogP contribution in [0.25, 0.3) is 10.6 Å². The average Bonchev–Trinajstić information content (AvgIpc) is 3.27. The van der Waals surface area contributed by atoms with Gasteiger partial charge in [-0.3, -0.25) is 10.1 Å². The van der Waals surface area contributed by atoms with Gasteiger partial charge in [-0.15, -0.1) is 10.2 Å². The lowest BCUT2D eigenvalue weighted by atomic mass is 9.98. The summed E-state index contributed by atoms with van der Waals surface area (Å²) in [5.74, 6) is 0.128. The highest BCUT2D eigenvalue weighted by Gasteiger charge is 2.27. The van der Waals surface area contributed by atoms with Crippen molar-refractivity contribution in [3.05, 3.63) is 54.1 Å². The Morgan fingerprint density at radius 1 is 1.03 bits per heavy atom. The Kier molecular flexibility index (Phi) is 8.37. The second kappa shape index (κ2) is 11.4. The van der Waals surface area contributed by atoms with Crippen molar-refractivity contribution < 1.29 is 14.3 Å². The lowest BCUT2D eigenvalue weighted by molar-refractivity contribution is -0.119. The van der Waals surface area contributed by atoms with Crippen molar-refractivity contribution in [2.24, 2.45) is 5.92 Å². The normalized spacial score (nSPS) is 12.5. The molecule has 2 aromatic carbocycles. The minimum atomic E-state index is -0.749. The fourth-order valence-corrected chi connectivity index (χ4v) is 3.87. The molecule has 0 bridgehead atoms. The summed E-state index contributed by atoms with van der Waals surface area (Å²) >= 11 is 1.29. The highest BCUT2D eigenvalue weighted by atomic mass is 32.1. The number of hydrogen-bond donors (Lipinski definition) is 3. The lowest BCUT2D eigenvalue weighted by Gasteiger charge is -2.23. The summed E-state index contributed by atoms with van der Waals surface area (Å²) in [6.45, 7) is 8.25. The Balaban J connectivity index is 1.68. The van der Waals surface area contributed by atoms with Crippen molar-refractivity contribution in [2.45, 2.75) is 40.2 Å². The van der Waals surface area contributed by atoms with E-state index in [9.17, 15) is 9.59 Å². The number of amides is 3. The highest BCUT2D eigenvalue weighted by Crippen LogP contribution is 2.27. The predicted octanol–water partition coefficient (Wildman–Crippen LogP) is 5.09. The zero-order chi connectivity index (χ0) is 23.8. The Morgan fingerprint density at radius 3 is 2.45 bits per heavy atom.